The highest BCUT2D eigenvalue weighted by molar-refractivity contribution is 6.23. The van der Waals surface area contributed by atoms with Crippen LogP contribution in [0.2, 0.25) is 0 Å². The van der Waals surface area contributed by atoms with Gasteiger partial charge in [-0.1, -0.05) is 0 Å². The Kier molecular flexibility index (Phi) is 1.68. The summed E-state index contributed by atoms with van der Waals surface area (Å²) in [5.41, 5.74) is 5.86. The van der Waals surface area contributed by atoms with Gasteiger partial charge in [0.2, 0.25) is 5.78 Å². The standard InChI is InChI=1S/C8H10N4O2/c1-11-3-10-7-5(11)6(13)4(9)8(14)12(7)2/h3-4H,9H2,1-2H3. The fourth-order valence-corrected chi connectivity index (χ4v) is 1.52. The van der Waals surface area contributed by atoms with E-state index in [4.69, 9.17) is 5.73 Å². The third-order valence-electron chi connectivity index (χ3n) is 2.35. The zero-order valence-corrected chi connectivity index (χ0v) is 7.89. The molecule has 1 aliphatic rings. The van der Waals surface area contributed by atoms with Crippen molar-refractivity contribution in [1.82, 2.24) is 9.55 Å². The fourth-order valence-electron chi connectivity index (χ4n) is 1.52. The number of hydrogen-bond donors (Lipinski definition) is 1. The van der Waals surface area contributed by atoms with Crippen LogP contribution in [0.4, 0.5) is 5.82 Å². The quantitative estimate of drug-likeness (QED) is 0.532. The number of rotatable bonds is 0. The van der Waals surface area contributed by atoms with Gasteiger partial charge in [0.1, 0.15) is 5.69 Å². The summed E-state index contributed by atoms with van der Waals surface area (Å²) in [5.74, 6) is -0.409. The van der Waals surface area contributed by atoms with Crippen LogP contribution in [0, 0.1) is 0 Å². The van der Waals surface area contributed by atoms with E-state index in [9.17, 15) is 9.59 Å². The van der Waals surface area contributed by atoms with E-state index >= 15 is 0 Å². The van der Waals surface area contributed by atoms with Crippen molar-refractivity contribution in [2.45, 2.75) is 6.04 Å². The molecule has 0 saturated heterocycles. The lowest BCUT2D eigenvalue weighted by Crippen LogP contribution is -2.51. The number of aryl methyl sites for hydroxylation is 1. The zero-order chi connectivity index (χ0) is 10.5. The van der Waals surface area contributed by atoms with Gasteiger partial charge in [-0.05, 0) is 0 Å². The Balaban J connectivity index is 2.64. The Labute approximate surface area is 80.3 Å². The van der Waals surface area contributed by atoms with Crippen LogP contribution >= 0.6 is 0 Å². The smallest absolute Gasteiger partial charge is 0.253 e. The lowest BCUT2D eigenvalue weighted by Gasteiger charge is -2.25. The summed E-state index contributed by atoms with van der Waals surface area (Å²) in [6, 6.07) is -1.09. The first-order valence-corrected chi connectivity index (χ1v) is 4.12. The summed E-state index contributed by atoms with van der Waals surface area (Å²) in [6.45, 7) is 0. The number of likely N-dealkylation sites (N-methyl/N-ethyl adjacent to an activating group) is 1. The molecule has 1 aliphatic heterocycles. The van der Waals surface area contributed by atoms with Crippen molar-refractivity contribution >= 4 is 17.5 Å². The molecule has 14 heavy (non-hydrogen) atoms. The van der Waals surface area contributed by atoms with Crippen molar-refractivity contribution < 1.29 is 9.59 Å². The van der Waals surface area contributed by atoms with Gasteiger partial charge in [-0.25, -0.2) is 4.98 Å². The van der Waals surface area contributed by atoms with E-state index in [2.05, 4.69) is 4.98 Å². The lowest BCUT2D eigenvalue weighted by molar-refractivity contribution is -0.118. The van der Waals surface area contributed by atoms with Crippen molar-refractivity contribution in [3.05, 3.63) is 12.0 Å². The first-order valence-electron chi connectivity index (χ1n) is 4.12. The molecule has 1 unspecified atom stereocenters. The fraction of sp³-hybridized carbons (Fsp3) is 0.375. The number of nitrogens with two attached hydrogens (primary N) is 1. The molecule has 1 aromatic heterocycles. The van der Waals surface area contributed by atoms with Gasteiger partial charge in [0.05, 0.1) is 6.33 Å². The normalized spacial score (nSPS) is 21.4. The summed E-state index contributed by atoms with van der Waals surface area (Å²) < 4.78 is 1.57. The van der Waals surface area contributed by atoms with E-state index in [0.29, 0.717) is 11.5 Å². The van der Waals surface area contributed by atoms with Gasteiger partial charge in [-0.2, -0.15) is 0 Å². The van der Waals surface area contributed by atoms with Gasteiger partial charge < -0.3 is 10.3 Å². The molecule has 0 aromatic carbocycles. The van der Waals surface area contributed by atoms with E-state index in [1.165, 1.54) is 11.2 Å². The summed E-state index contributed by atoms with van der Waals surface area (Å²) in [5, 5.41) is 0. The van der Waals surface area contributed by atoms with Crippen molar-refractivity contribution in [2.75, 3.05) is 11.9 Å². The number of Topliss-reactive ketones (excluding diaryl/α,β-unsaturated/α-hetero) is 1. The molecule has 6 nitrogen and oxygen atoms in total. The van der Waals surface area contributed by atoms with E-state index in [0.717, 1.165) is 0 Å². The van der Waals surface area contributed by atoms with E-state index < -0.39 is 11.9 Å². The van der Waals surface area contributed by atoms with E-state index in [1.54, 1.807) is 18.7 Å². The minimum absolute atomic E-state index is 0.372. The molecule has 2 rings (SSSR count). The summed E-state index contributed by atoms with van der Waals surface area (Å²) in [7, 11) is 3.25. The van der Waals surface area contributed by atoms with E-state index in [-0.39, 0.29) is 5.78 Å². The highest BCUT2D eigenvalue weighted by Crippen LogP contribution is 2.23. The van der Waals surface area contributed by atoms with Crippen molar-refractivity contribution in [3.8, 4) is 0 Å². The van der Waals surface area contributed by atoms with Crippen LogP contribution in [0.15, 0.2) is 6.33 Å². The molecule has 0 saturated carbocycles. The summed E-state index contributed by atoms with van der Waals surface area (Å²) >= 11 is 0. The molecule has 1 aromatic rings. The number of fused-ring (bicyclic) bond motifs is 1. The van der Waals surface area contributed by atoms with Crippen molar-refractivity contribution in [3.63, 3.8) is 0 Å². The second-order valence-electron chi connectivity index (χ2n) is 3.27. The van der Waals surface area contributed by atoms with Gasteiger partial charge in [0, 0.05) is 14.1 Å². The average molecular weight is 194 g/mol. The Morgan fingerprint density at radius 1 is 1.43 bits per heavy atom. The Morgan fingerprint density at radius 2 is 2.07 bits per heavy atom. The molecule has 0 radical (unpaired) electrons. The Bertz CT molecular complexity index is 423. The zero-order valence-electron chi connectivity index (χ0n) is 7.89. The van der Waals surface area contributed by atoms with Crippen LogP contribution < -0.4 is 10.6 Å². The van der Waals surface area contributed by atoms with Crippen LogP contribution in [-0.4, -0.2) is 34.3 Å². The van der Waals surface area contributed by atoms with Gasteiger partial charge in [-0.3, -0.25) is 14.5 Å². The molecule has 6 heteroatoms. The third-order valence-corrected chi connectivity index (χ3v) is 2.35. The monoisotopic (exact) mass is 194 g/mol. The number of anilines is 1. The minimum atomic E-state index is -1.09. The van der Waals surface area contributed by atoms with Crippen LogP contribution in [0.3, 0.4) is 0 Å². The molecule has 0 spiro atoms. The predicted molar refractivity (Wildman–Crippen MR) is 48.9 cm³/mol. The molecule has 2 heterocycles. The van der Waals surface area contributed by atoms with Gasteiger partial charge >= 0.3 is 0 Å². The number of carbonyl (C=O) groups is 2. The Morgan fingerprint density at radius 3 is 2.71 bits per heavy atom. The number of hydrogen-bond acceptors (Lipinski definition) is 4. The van der Waals surface area contributed by atoms with Crippen LogP contribution in [0.5, 0.6) is 0 Å². The molecule has 0 bridgehead atoms. The lowest BCUT2D eigenvalue weighted by atomic mass is 10.1. The number of ketones is 1. The van der Waals surface area contributed by atoms with Crippen LogP contribution in [0.1, 0.15) is 10.5 Å². The average Bonchev–Trinajstić information content (AvgIpc) is 2.54. The number of amides is 1. The maximum atomic E-state index is 11.6. The SMILES string of the molecule is CN1C(=O)C(N)C(=O)c2c1ncn2C. The Hall–Kier alpha value is -1.69. The van der Waals surface area contributed by atoms with Crippen molar-refractivity contribution in [2.24, 2.45) is 12.8 Å². The predicted octanol–water partition coefficient (Wildman–Crippen LogP) is -1.09. The molecule has 74 valence electrons. The van der Waals surface area contributed by atoms with Gasteiger partial charge in [-0.15, -0.1) is 0 Å². The van der Waals surface area contributed by atoms with Gasteiger partial charge in [0.15, 0.2) is 11.9 Å². The van der Waals surface area contributed by atoms with E-state index in [1.807, 2.05) is 0 Å². The van der Waals surface area contributed by atoms with Crippen LogP contribution in [-0.2, 0) is 11.8 Å². The third kappa shape index (κ3) is 0.912. The molecule has 1 atom stereocenters. The number of nitrogens with zero attached hydrogens (tertiary/aromatic N) is 3. The first-order chi connectivity index (χ1) is 6.54. The summed E-state index contributed by atoms with van der Waals surface area (Å²) in [6.07, 6.45) is 1.49. The second-order valence-corrected chi connectivity index (χ2v) is 3.27. The largest absolute Gasteiger partial charge is 0.329 e. The van der Waals surface area contributed by atoms with Crippen molar-refractivity contribution in [1.29, 1.82) is 0 Å². The molecule has 1 amide bonds. The number of imidazole rings is 1. The number of aromatic nitrogens is 2. The number of carbonyl (C=O) groups excluding carboxylic acids is 2. The molecule has 0 fully saturated rings. The second kappa shape index (κ2) is 2.65. The van der Waals surface area contributed by atoms with Crippen LogP contribution in [0.25, 0.3) is 0 Å². The maximum Gasteiger partial charge on any atom is 0.253 e. The topological polar surface area (TPSA) is 81.2 Å². The first kappa shape index (κ1) is 8.89. The molecular formula is C8H10N4O2. The summed E-state index contributed by atoms with van der Waals surface area (Å²) in [4.78, 5) is 28.3. The molecular weight excluding hydrogens is 184 g/mol. The highest BCUT2D eigenvalue weighted by atomic mass is 16.2. The minimum Gasteiger partial charge on any atom is -0.329 e. The molecule has 2 N–H and O–H groups in total. The van der Waals surface area contributed by atoms with Gasteiger partial charge in [0.25, 0.3) is 5.91 Å². The maximum absolute atomic E-state index is 11.6. The molecule has 0 aliphatic carbocycles. The highest BCUT2D eigenvalue weighted by Gasteiger charge is 2.38.